The number of aryl methyl sites for hydroxylation is 1. The van der Waals surface area contributed by atoms with Gasteiger partial charge < -0.3 is 20.3 Å². The van der Waals surface area contributed by atoms with Gasteiger partial charge in [0.1, 0.15) is 11.5 Å². The van der Waals surface area contributed by atoms with E-state index in [4.69, 9.17) is 4.74 Å². The lowest BCUT2D eigenvalue weighted by molar-refractivity contribution is 0.102. The van der Waals surface area contributed by atoms with E-state index in [-0.39, 0.29) is 11.6 Å². The van der Waals surface area contributed by atoms with Gasteiger partial charge in [0.2, 0.25) is 5.65 Å². The number of anilines is 2. The lowest BCUT2D eigenvalue weighted by Gasteiger charge is -2.27. The second-order valence-corrected chi connectivity index (χ2v) is 6.20. The van der Waals surface area contributed by atoms with Crippen LogP contribution in [0.25, 0.3) is 5.65 Å². The molecule has 0 radical (unpaired) electrons. The number of hydrogen-bond acceptors (Lipinski definition) is 8. The summed E-state index contributed by atoms with van der Waals surface area (Å²) in [5.74, 6) is 1.05. The molecule has 10 heteroatoms. The van der Waals surface area contributed by atoms with Crippen LogP contribution in [0, 0.1) is 6.92 Å². The molecule has 27 heavy (non-hydrogen) atoms. The molecule has 1 saturated heterocycles. The molecule has 0 spiro atoms. The lowest BCUT2D eigenvalue weighted by Crippen LogP contribution is -2.44. The number of piperazine rings is 1. The molecule has 0 bridgehead atoms. The predicted molar refractivity (Wildman–Crippen MR) is 99.3 cm³/mol. The Labute approximate surface area is 155 Å². The zero-order valence-corrected chi connectivity index (χ0v) is 15.1. The highest BCUT2D eigenvalue weighted by Crippen LogP contribution is 2.20. The number of rotatable bonds is 4. The summed E-state index contributed by atoms with van der Waals surface area (Å²) in [5.41, 5.74) is 1.64. The summed E-state index contributed by atoms with van der Waals surface area (Å²) in [5, 5.41) is 6.02. The normalized spacial score (nSPS) is 14.4. The Morgan fingerprint density at radius 1 is 1.19 bits per heavy atom. The van der Waals surface area contributed by atoms with Crippen LogP contribution >= 0.6 is 0 Å². The largest absolute Gasteiger partial charge is 0.478 e. The van der Waals surface area contributed by atoms with E-state index in [9.17, 15) is 4.79 Å². The average Bonchev–Trinajstić information content (AvgIpc) is 3.08. The van der Waals surface area contributed by atoms with E-state index < -0.39 is 0 Å². The number of nitrogens with zero attached hydrogens (tertiary/aromatic N) is 6. The van der Waals surface area contributed by atoms with Crippen LogP contribution in [0.2, 0.25) is 0 Å². The van der Waals surface area contributed by atoms with Gasteiger partial charge in [0.15, 0.2) is 5.82 Å². The van der Waals surface area contributed by atoms with E-state index in [0.29, 0.717) is 17.3 Å². The molecule has 0 atom stereocenters. The number of methoxy groups -OCH3 is 1. The minimum absolute atomic E-state index is 0.219. The molecule has 1 amide bonds. The average molecular weight is 368 g/mol. The molecule has 4 rings (SSSR count). The minimum Gasteiger partial charge on any atom is -0.478 e. The van der Waals surface area contributed by atoms with Crippen molar-refractivity contribution in [3.63, 3.8) is 0 Å². The highest BCUT2D eigenvalue weighted by Gasteiger charge is 2.16. The molecule has 1 aliphatic rings. The zero-order valence-electron chi connectivity index (χ0n) is 15.1. The summed E-state index contributed by atoms with van der Waals surface area (Å²) in [6.45, 7) is 5.43. The summed E-state index contributed by atoms with van der Waals surface area (Å²) in [6.07, 6.45) is 6.61. The van der Waals surface area contributed by atoms with Gasteiger partial charge in [0.05, 0.1) is 31.4 Å². The molecule has 3 aromatic rings. The van der Waals surface area contributed by atoms with Crippen molar-refractivity contribution < 1.29 is 9.53 Å². The second-order valence-electron chi connectivity index (χ2n) is 6.20. The van der Waals surface area contributed by atoms with Gasteiger partial charge in [0, 0.05) is 32.4 Å². The third-order valence-corrected chi connectivity index (χ3v) is 4.27. The highest BCUT2D eigenvalue weighted by atomic mass is 16.5. The van der Waals surface area contributed by atoms with Gasteiger partial charge in [-0.2, -0.15) is 4.98 Å². The number of imidazole rings is 1. The predicted octanol–water partition coefficient (Wildman–Crippen LogP) is 0.498. The zero-order chi connectivity index (χ0) is 18.8. The topological polar surface area (TPSA) is 110 Å². The molecule has 1 aliphatic heterocycles. The van der Waals surface area contributed by atoms with E-state index in [1.165, 1.54) is 13.3 Å². The number of carbonyl (C=O) groups excluding carboxylic acids is 1. The van der Waals surface area contributed by atoms with E-state index in [1.807, 2.05) is 13.1 Å². The molecule has 2 N–H and O–H groups in total. The fourth-order valence-corrected chi connectivity index (χ4v) is 2.97. The maximum absolute atomic E-state index is 12.5. The number of ether oxygens (including phenoxy) is 1. The van der Waals surface area contributed by atoms with E-state index in [0.717, 1.165) is 37.7 Å². The van der Waals surface area contributed by atoms with Gasteiger partial charge in [-0.3, -0.25) is 9.20 Å². The van der Waals surface area contributed by atoms with E-state index >= 15 is 0 Å². The van der Waals surface area contributed by atoms with Crippen LogP contribution in [0.4, 0.5) is 11.6 Å². The van der Waals surface area contributed by atoms with Crippen LogP contribution in [-0.2, 0) is 0 Å². The molecule has 0 saturated carbocycles. The number of aromatic nitrogens is 5. The van der Waals surface area contributed by atoms with Crippen LogP contribution in [0.3, 0.4) is 0 Å². The van der Waals surface area contributed by atoms with Gasteiger partial charge in [0.25, 0.3) is 11.8 Å². The Bertz CT molecular complexity index is 963. The summed E-state index contributed by atoms with van der Waals surface area (Å²) < 4.78 is 7.03. The lowest BCUT2D eigenvalue weighted by atomic mass is 10.3. The van der Waals surface area contributed by atoms with Crippen LogP contribution in [-0.4, -0.2) is 63.5 Å². The summed E-state index contributed by atoms with van der Waals surface area (Å²) in [7, 11) is 1.51. The molecule has 0 unspecified atom stereocenters. The number of nitrogens with one attached hydrogen (secondary N) is 2. The molecule has 140 valence electrons. The van der Waals surface area contributed by atoms with Crippen LogP contribution in [0.15, 0.2) is 24.8 Å². The first kappa shape index (κ1) is 17.2. The summed E-state index contributed by atoms with van der Waals surface area (Å²) in [6, 6.07) is 0. The fourth-order valence-electron chi connectivity index (χ4n) is 2.97. The van der Waals surface area contributed by atoms with Crippen LogP contribution in [0.1, 0.15) is 16.2 Å². The van der Waals surface area contributed by atoms with Crippen molar-refractivity contribution in [2.24, 2.45) is 0 Å². The maximum Gasteiger partial charge on any atom is 0.277 e. The summed E-state index contributed by atoms with van der Waals surface area (Å²) in [4.78, 5) is 31.9. The van der Waals surface area contributed by atoms with Crippen LogP contribution in [0.5, 0.6) is 5.88 Å². The van der Waals surface area contributed by atoms with Gasteiger partial charge in [-0.15, -0.1) is 0 Å². The molecular weight excluding hydrogens is 348 g/mol. The Morgan fingerprint density at radius 2 is 2.00 bits per heavy atom. The molecular formula is C17H20N8O2. The molecule has 3 aromatic heterocycles. The van der Waals surface area contributed by atoms with Crippen molar-refractivity contribution in [3.05, 3.63) is 36.2 Å². The van der Waals surface area contributed by atoms with Crippen LogP contribution < -0.4 is 20.3 Å². The Hall–Kier alpha value is -3.27. The maximum atomic E-state index is 12.5. The quantitative estimate of drug-likeness (QED) is 0.685. The van der Waals surface area contributed by atoms with Crippen molar-refractivity contribution in [2.75, 3.05) is 43.5 Å². The Morgan fingerprint density at radius 3 is 2.70 bits per heavy atom. The SMILES string of the molecule is COc1nc(NC(=O)c2cnc(N3CCNCC3)cn2)cn2cc(C)nc12. The van der Waals surface area contributed by atoms with Gasteiger partial charge >= 0.3 is 0 Å². The first-order chi connectivity index (χ1) is 13.1. The monoisotopic (exact) mass is 368 g/mol. The smallest absolute Gasteiger partial charge is 0.277 e. The van der Waals surface area contributed by atoms with E-state index in [1.54, 1.807) is 16.8 Å². The Kier molecular flexibility index (Phi) is 4.55. The standard InChI is InChI=1S/C17H20N8O2/c1-11-9-25-10-13(23-17(27-2)15(25)21-11)22-16(26)12-7-20-14(8-19-12)24-5-3-18-4-6-24/h7-10,18H,3-6H2,1-2H3,(H,22,26). The number of hydrogen-bond donors (Lipinski definition) is 2. The number of amides is 1. The third-order valence-electron chi connectivity index (χ3n) is 4.27. The summed E-state index contributed by atoms with van der Waals surface area (Å²) >= 11 is 0. The molecule has 1 fully saturated rings. The van der Waals surface area contributed by atoms with Gasteiger partial charge in [-0.1, -0.05) is 0 Å². The minimum atomic E-state index is -0.389. The number of carbonyl (C=O) groups is 1. The van der Waals surface area contributed by atoms with Crippen molar-refractivity contribution >= 4 is 23.2 Å². The third kappa shape index (κ3) is 3.51. The van der Waals surface area contributed by atoms with Gasteiger partial charge in [-0.25, -0.2) is 15.0 Å². The van der Waals surface area contributed by atoms with Crippen molar-refractivity contribution in [1.82, 2.24) is 29.7 Å². The fraction of sp³-hybridized carbons (Fsp3) is 0.353. The highest BCUT2D eigenvalue weighted by molar-refractivity contribution is 6.02. The molecule has 10 nitrogen and oxygen atoms in total. The number of fused-ring (bicyclic) bond motifs is 1. The van der Waals surface area contributed by atoms with Gasteiger partial charge in [-0.05, 0) is 6.92 Å². The molecule has 0 aliphatic carbocycles. The van der Waals surface area contributed by atoms with E-state index in [2.05, 4.69) is 35.5 Å². The van der Waals surface area contributed by atoms with Crippen molar-refractivity contribution in [2.45, 2.75) is 6.92 Å². The molecule has 0 aromatic carbocycles. The molecule has 4 heterocycles. The van der Waals surface area contributed by atoms with Crippen molar-refractivity contribution in [3.8, 4) is 5.88 Å². The first-order valence-electron chi connectivity index (χ1n) is 8.63. The first-order valence-corrected chi connectivity index (χ1v) is 8.63. The second kappa shape index (κ2) is 7.16. The van der Waals surface area contributed by atoms with Crippen molar-refractivity contribution in [1.29, 1.82) is 0 Å². The Balaban J connectivity index is 1.52.